The average molecular weight is 473 g/mol. The Hall–Kier alpha value is -1.32. The van der Waals surface area contributed by atoms with E-state index in [9.17, 15) is 18.3 Å². The van der Waals surface area contributed by atoms with Crippen LogP contribution < -0.4 is 5.43 Å². The van der Waals surface area contributed by atoms with E-state index in [0.29, 0.717) is 20.7 Å². The molecule has 0 bridgehead atoms. The van der Waals surface area contributed by atoms with Gasteiger partial charge in [-0.1, -0.05) is 27.5 Å². The van der Waals surface area contributed by atoms with Crippen molar-refractivity contribution < 1.29 is 18.3 Å². The maximum Gasteiger partial charge on any atom is 0.417 e. The van der Waals surface area contributed by atoms with E-state index in [0.717, 1.165) is 6.07 Å². The van der Waals surface area contributed by atoms with Crippen molar-refractivity contribution in [3.63, 3.8) is 0 Å². The second-order valence-corrected chi connectivity index (χ2v) is 6.42. The summed E-state index contributed by atoms with van der Waals surface area (Å²) < 4.78 is 38.7. The van der Waals surface area contributed by atoms with Crippen LogP contribution in [0.15, 0.2) is 38.4 Å². The second-order valence-electron chi connectivity index (χ2n) is 4.25. The number of nitrogens with one attached hydrogen (secondary N) is 1. The lowest BCUT2D eigenvalue weighted by Gasteiger charge is -2.08. The lowest BCUT2D eigenvalue weighted by Crippen LogP contribution is -2.06. The highest BCUT2D eigenvalue weighted by Crippen LogP contribution is 2.33. The molecular formula is C13H7Br2ClF3N3O. The number of anilines is 1. The highest BCUT2D eigenvalue weighted by atomic mass is 79.9. The van der Waals surface area contributed by atoms with E-state index < -0.39 is 11.7 Å². The third kappa shape index (κ3) is 4.58. The fraction of sp³-hybridized carbons (Fsp3) is 0.0769. The molecule has 10 heteroatoms. The molecule has 1 heterocycles. The maximum atomic E-state index is 12.5. The van der Waals surface area contributed by atoms with Crippen LogP contribution in [0.5, 0.6) is 5.75 Å². The summed E-state index contributed by atoms with van der Waals surface area (Å²) in [5.74, 6) is -0.0744. The minimum absolute atomic E-state index is 0.0368. The van der Waals surface area contributed by atoms with E-state index >= 15 is 0 Å². The fourth-order valence-corrected chi connectivity index (χ4v) is 2.99. The molecule has 2 aromatic rings. The van der Waals surface area contributed by atoms with Crippen LogP contribution in [-0.2, 0) is 6.18 Å². The summed E-state index contributed by atoms with van der Waals surface area (Å²) in [6, 6.07) is 4.00. The topological polar surface area (TPSA) is 57.5 Å². The highest BCUT2D eigenvalue weighted by Gasteiger charge is 2.31. The van der Waals surface area contributed by atoms with Gasteiger partial charge in [0.2, 0.25) is 0 Å². The zero-order valence-corrected chi connectivity index (χ0v) is 14.9. The minimum atomic E-state index is -4.52. The third-order valence-corrected chi connectivity index (χ3v) is 3.95. The van der Waals surface area contributed by atoms with Crippen LogP contribution in [0.3, 0.4) is 0 Å². The van der Waals surface area contributed by atoms with Crippen LogP contribution in [0.1, 0.15) is 11.1 Å². The number of aromatic hydroxyl groups is 1. The molecule has 2 N–H and O–H groups in total. The van der Waals surface area contributed by atoms with E-state index in [4.69, 9.17) is 11.6 Å². The number of hydrazone groups is 1. The molecule has 0 fully saturated rings. The van der Waals surface area contributed by atoms with Crippen molar-refractivity contribution in [3.05, 3.63) is 49.5 Å². The Bertz CT molecular complexity index is 769. The molecular weight excluding hydrogens is 466 g/mol. The van der Waals surface area contributed by atoms with Crippen LogP contribution in [0, 0.1) is 0 Å². The van der Waals surface area contributed by atoms with E-state index in [2.05, 4.69) is 47.4 Å². The normalized spacial score (nSPS) is 11.9. The van der Waals surface area contributed by atoms with Crippen molar-refractivity contribution in [1.82, 2.24) is 4.98 Å². The van der Waals surface area contributed by atoms with Crippen molar-refractivity contribution in [2.45, 2.75) is 6.18 Å². The number of phenols is 1. The van der Waals surface area contributed by atoms with Crippen molar-refractivity contribution in [1.29, 1.82) is 0 Å². The molecule has 0 unspecified atom stereocenters. The van der Waals surface area contributed by atoms with Crippen molar-refractivity contribution >= 4 is 55.5 Å². The number of halogens is 6. The quantitative estimate of drug-likeness (QED) is 0.462. The zero-order chi connectivity index (χ0) is 17.2. The molecule has 0 aliphatic heterocycles. The number of alkyl halides is 3. The van der Waals surface area contributed by atoms with Gasteiger partial charge in [0.1, 0.15) is 5.75 Å². The number of benzene rings is 1. The van der Waals surface area contributed by atoms with Gasteiger partial charge in [-0.25, -0.2) is 4.98 Å². The third-order valence-electron chi connectivity index (χ3n) is 2.60. The molecule has 1 aromatic carbocycles. The van der Waals surface area contributed by atoms with Gasteiger partial charge >= 0.3 is 6.18 Å². The number of phenolic OH excluding ortho intramolecular Hbond substituents is 1. The van der Waals surface area contributed by atoms with Gasteiger partial charge in [-0.3, -0.25) is 5.43 Å². The van der Waals surface area contributed by atoms with Gasteiger partial charge in [0.05, 0.1) is 21.3 Å². The Morgan fingerprint density at radius 2 is 1.96 bits per heavy atom. The molecule has 0 saturated heterocycles. The SMILES string of the molecule is Oc1c(Br)cc(Br)cc1C=NNc1ncc(C(F)(F)F)cc1Cl. The van der Waals surface area contributed by atoms with Crippen LogP contribution in [-0.4, -0.2) is 16.3 Å². The van der Waals surface area contributed by atoms with Crippen molar-refractivity contribution in [2.24, 2.45) is 5.10 Å². The predicted molar refractivity (Wildman–Crippen MR) is 89.0 cm³/mol. The first kappa shape index (κ1) is 18.0. The van der Waals surface area contributed by atoms with E-state index in [1.54, 1.807) is 12.1 Å². The van der Waals surface area contributed by atoms with Crippen LogP contribution in [0.2, 0.25) is 5.02 Å². The average Bonchev–Trinajstić information content (AvgIpc) is 2.44. The molecule has 4 nitrogen and oxygen atoms in total. The first-order valence-corrected chi connectivity index (χ1v) is 7.84. The van der Waals surface area contributed by atoms with E-state index in [1.165, 1.54) is 6.21 Å². The summed E-state index contributed by atoms with van der Waals surface area (Å²) in [6.07, 6.45) is -2.59. The molecule has 0 amide bonds. The Labute approximate surface area is 150 Å². The largest absolute Gasteiger partial charge is 0.506 e. The molecule has 2 rings (SSSR count). The number of hydrogen-bond donors (Lipinski definition) is 2. The summed E-state index contributed by atoms with van der Waals surface area (Å²) in [5, 5.41) is 13.4. The van der Waals surface area contributed by atoms with Crippen molar-refractivity contribution in [2.75, 3.05) is 5.43 Å². The molecule has 0 spiro atoms. The van der Waals surface area contributed by atoms with Gasteiger partial charge in [-0.2, -0.15) is 18.3 Å². The van der Waals surface area contributed by atoms with E-state index in [1.807, 2.05) is 0 Å². The monoisotopic (exact) mass is 471 g/mol. The number of rotatable bonds is 3. The molecule has 0 saturated carbocycles. The Morgan fingerprint density at radius 3 is 2.57 bits per heavy atom. The first-order chi connectivity index (χ1) is 10.7. The van der Waals surface area contributed by atoms with Gasteiger partial charge in [0, 0.05) is 16.2 Å². The Kier molecular flexibility index (Phi) is 5.53. The standard InChI is InChI=1S/C13H7Br2ClF3N3O/c14-8-1-6(11(23)9(15)3-8)4-21-22-12-10(16)2-7(5-20-12)13(17,18)19/h1-5,23H,(H,20,22). The van der Waals surface area contributed by atoms with E-state index in [-0.39, 0.29) is 16.6 Å². The van der Waals surface area contributed by atoms with Gasteiger partial charge in [-0.05, 0) is 34.1 Å². The predicted octanol–water partition coefficient (Wildman–Crippen LogP) is 5.43. The van der Waals surface area contributed by atoms with Crippen LogP contribution >= 0.6 is 43.5 Å². The lowest BCUT2D eigenvalue weighted by atomic mass is 10.2. The van der Waals surface area contributed by atoms with Crippen LogP contribution in [0.4, 0.5) is 19.0 Å². The number of aromatic nitrogens is 1. The van der Waals surface area contributed by atoms with Gasteiger partial charge in [0.25, 0.3) is 0 Å². The highest BCUT2D eigenvalue weighted by molar-refractivity contribution is 9.11. The molecule has 122 valence electrons. The summed E-state index contributed by atoms with van der Waals surface area (Å²) in [7, 11) is 0. The molecule has 1 aromatic heterocycles. The molecule has 0 aliphatic rings. The molecule has 23 heavy (non-hydrogen) atoms. The minimum Gasteiger partial charge on any atom is -0.506 e. The first-order valence-electron chi connectivity index (χ1n) is 5.88. The lowest BCUT2D eigenvalue weighted by molar-refractivity contribution is -0.137. The number of pyridine rings is 1. The summed E-state index contributed by atoms with van der Waals surface area (Å²) in [6.45, 7) is 0. The zero-order valence-electron chi connectivity index (χ0n) is 11.0. The molecule has 0 aliphatic carbocycles. The van der Waals surface area contributed by atoms with Crippen LogP contribution in [0.25, 0.3) is 0 Å². The van der Waals surface area contributed by atoms with Gasteiger partial charge in [0.15, 0.2) is 5.82 Å². The maximum absolute atomic E-state index is 12.5. The smallest absolute Gasteiger partial charge is 0.417 e. The fourth-order valence-electron chi connectivity index (χ4n) is 1.52. The Morgan fingerprint density at radius 1 is 1.26 bits per heavy atom. The second kappa shape index (κ2) is 7.06. The summed E-state index contributed by atoms with van der Waals surface area (Å²) in [4.78, 5) is 3.58. The van der Waals surface area contributed by atoms with Gasteiger partial charge < -0.3 is 5.11 Å². The molecule has 0 atom stereocenters. The van der Waals surface area contributed by atoms with Gasteiger partial charge in [-0.15, -0.1) is 0 Å². The number of hydrogen-bond acceptors (Lipinski definition) is 4. The van der Waals surface area contributed by atoms with Crippen molar-refractivity contribution in [3.8, 4) is 5.75 Å². The summed E-state index contributed by atoms with van der Waals surface area (Å²) >= 11 is 12.2. The Balaban J connectivity index is 2.18. The molecule has 0 radical (unpaired) electrons. The summed E-state index contributed by atoms with van der Waals surface area (Å²) in [5.41, 5.74) is 1.85. The number of nitrogens with zero attached hydrogens (tertiary/aromatic N) is 2.